The van der Waals surface area contributed by atoms with Crippen LogP contribution in [0, 0.1) is 0 Å². The van der Waals surface area contributed by atoms with E-state index in [1.807, 2.05) is 25.1 Å². The molecule has 0 spiro atoms. The fourth-order valence-corrected chi connectivity index (χ4v) is 3.88. The molecule has 0 bridgehead atoms. The zero-order chi connectivity index (χ0) is 21.1. The first-order chi connectivity index (χ1) is 14.5. The van der Waals surface area contributed by atoms with E-state index in [-0.39, 0.29) is 5.41 Å². The second-order valence-corrected chi connectivity index (χ2v) is 8.98. The van der Waals surface area contributed by atoms with Gasteiger partial charge in [-0.3, -0.25) is 4.57 Å². The lowest BCUT2D eigenvalue weighted by Crippen LogP contribution is -2.10. The van der Waals surface area contributed by atoms with Crippen molar-refractivity contribution in [1.82, 2.24) is 25.0 Å². The molecule has 2 aromatic carbocycles. The summed E-state index contributed by atoms with van der Waals surface area (Å²) in [6.07, 6.45) is 0.729. The number of hydrogen-bond donors (Lipinski definition) is 0. The first-order valence-corrected chi connectivity index (χ1v) is 11.0. The molecule has 0 fully saturated rings. The highest BCUT2D eigenvalue weighted by molar-refractivity contribution is 7.98. The number of aryl methyl sites for hydroxylation is 1. The second kappa shape index (κ2) is 8.44. The van der Waals surface area contributed by atoms with Gasteiger partial charge in [-0.2, -0.15) is 0 Å². The number of benzene rings is 2. The molecule has 0 aliphatic carbocycles. The molecule has 0 radical (unpaired) electrons. The second-order valence-electron chi connectivity index (χ2n) is 8.04. The van der Waals surface area contributed by atoms with E-state index in [0.29, 0.717) is 17.5 Å². The van der Waals surface area contributed by atoms with Gasteiger partial charge in [-0.1, -0.05) is 81.9 Å². The Labute approximate surface area is 180 Å². The van der Waals surface area contributed by atoms with Crippen molar-refractivity contribution >= 4 is 11.8 Å². The smallest absolute Gasteiger partial charge is 0.226 e. The summed E-state index contributed by atoms with van der Waals surface area (Å²) in [7, 11) is 0. The number of rotatable bonds is 6. The maximum Gasteiger partial charge on any atom is 0.226 e. The SMILES string of the molecule is CCc1nnc(CSc2nnc(-c3ccc(C(C)(C)C)cc3)n2-c2ccccc2)o1. The Hall–Kier alpha value is -2.93. The Morgan fingerprint density at radius 3 is 2.20 bits per heavy atom. The minimum absolute atomic E-state index is 0.105. The van der Waals surface area contributed by atoms with Gasteiger partial charge in [0.05, 0.1) is 5.75 Å². The highest BCUT2D eigenvalue weighted by Crippen LogP contribution is 2.31. The summed E-state index contributed by atoms with van der Waals surface area (Å²) in [5, 5.41) is 17.9. The minimum atomic E-state index is 0.105. The highest BCUT2D eigenvalue weighted by atomic mass is 32.2. The van der Waals surface area contributed by atoms with Crippen LogP contribution in [0.5, 0.6) is 0 Å². The van der Waals surface area contributed by atoms with Crippen LogP contribution in [0.2, 0.25) is 0 Å². The largest absolute Gasteiger partial charge is 0.424 e. The molecule has 7 heteroatoms. The summed E-state index contributed by atoms with van der Waals surface area (Å²) in [6, 6.07) is 18.7. The molecule has 4 aromatic rings. The van der Waals surface area contributed by atoms with Crippen molar-refractivity contribution < 1.29 is 4.42 Å². The van der Waals surface area contributed by atoms with Gasteiger partial charge in [0, 0.05) is 17.7 Å². The van der Waals surface area contributed by atoms with Crippen molar-refractivity contribution in [3.63, 3.8) is 0 Å². The molecule has 0 aliphatic heterocycles. The van der Waals surface area contributed by atoms with Crippen LogP contribution < -0.4 is 0 Å². The quantitative estimate of drug-likeness (QED) is 0.386. The van der Waals surface area contributed by atoms with Gasteiger partial charge in [-0.05, 0) is 23.1 Å². The van der Waals surface area contributed by atoms with Crippen LogP contribution in [0.15, 0.2) is 64.2 Å². The van der Waals surface area contributed by atoms with Gasteiger partial charge in [-0.15, -0.1) is 20.4 Å². The predicted octanol–water partition coefficient (Wildman–Crippen LogP) is 5.47. The standard InChI is InChI=1S/C23H25N5OS/c1-5-19-24-25-20(29-19)15-30-22-27-26-21(28(22)18-9-7-6-8-10-18)16-11-13-17(14-12-16)23(2,3)4/h6-14H,5,15H2,1-4H3. The average molecular weight is 420 g/mol. The molecule has 154 valence electrons. The van der Waals surface area contributed by atoms with Crippen LogP contribution in [-0.2, 0) is 17.6 Å². The molecule has 0 aliphatic rings. The average Bonchev–Trinajstić information content (AvgIpc) is 3.39. The van der Waals surface area contributed by atoms with Gasteiger partial charge >= 0.3 is 0 Å². The van der Waals surface area contributed by atoms with E-state index in [9.17, 15) is 0 Å². The van der Waals surface area contributed by atoms with Crippen molar-refractivity contribution in [2.24, 2.45) is 0 Å². The molecule has 6 nitrogen and oxygen atoms in total. The number of hydrogen-bond acceptors (Lipinski definition) is 6. The lowest BCUT2D eigenvalue weighted by Gasteiger charge is -2.19. The van der Waals surface area contributed by atoms with Crippen molar-refractivity contribution in [3.05, 3.63) is 71.9 Å². The zero-order valence-electron chi connectivity index (χ0n) is 17.7. The molecule has 30 heavy (non-hydrogen) atoms. The topological polar surface area (TPSA) is 69.6 Å². The lowest BCUT2D eigenvalue weighted by molar-refractivity contribution is 0.470. The zero-order valence-corrected chi connectivity index (χ0v) is 18.5. The molecule has 0 saturated heterocycles. The molecule has 4 rings (SSSR count). The number of nitrogens with zero attached hydrogens (tertiary/aromatic N) is 5. The molecule has 0 N–H and O–H groups in total. The lowest BCUT2D eigenvalue weighted by atomic mass is 9.87. The van der Waals surface area contributed by atoms with Gasteiger partial charge in [0.15, 0.2) is 11.0 Å². The van der Waals surface area contributed by atoms with Crippen LogP contribution in [0.3, 0.4) is 0 Å². The van der Waals surface area contributed by atoms with Crippen molar-refractivity contribution in [2.75, 3.05) is 0 Å². The molecule has 0 atom stereocenters. The third-order valence-electron chi connectivity index (χ3n) is 4.79. The molecular weight excluding hydrogens is 394 g/mol. The van der Waals surface area contributed by atoms with E-state index in [0.717, 1.165) is 28.7 Å². The summed E-state index contributed by atoms with van der Waals surface area (Å²) < 4.78 is 7.71. The van der Waals surface area contributed by atoms with E-state index in [1.165, 1.54) is 17.3 Å². The van der Waals surface area contributed by atoms with Gasteiger partial charge in [0.25, 0.3) is 0 Å². The fraction of sp³-hybridized carbons (Fsp3) is 0.304. The van der Waals surface area contributed by atoms with Crippen molar-refractivity contribution in [3.8, 4) is 17.1 Å². The van der Waals surface area contributed by atoms with Crippen LogP contribution >= 0.6 is 11.8 Å². The third kappa shape index (κ3) is 4.31. The highest BCUT2D eigenvalue weighted by Gasteiger charge is 2.19. The van der Waals surface area contributed by atoms with Crippen molar-refractivity contribution in [2.45, 2.75) is 50.4 Å². The third-order valence-corrected chi connectivity index (χ3v) is 5.71. The van der Waals surface area contributed by atoms with Crippen LogP contribution in [-0.4, -0.2) is 25.0 Å². The van der Waals surface area contributed by atoms with Gasteiger partial charge < -0.3 is 4.42 Å². The Kier molecular flexibility index (Phi) is 5.72. The van der Waals surface area contributed by atoms with E-state index >= 15 is 0 Å². The van der Waals surface area contributed by atoms with E-state index in [2.05, 4.69) is 82.1 Å². The van der Waals surface area contributed by atoms with E-state index in [1.54, 1.807) is 0 Å². The van der Waals surface area contributed by atoms with E-state index in [4.69, 9.17) is 4.42 Å². The molecule has 0 unspecified atom stereocenters. The molecule has 0 saturated carbocycles. The summed E-state index contributed by atoms with van der Waals surface area (Å²) in [6.45, 7) is 8.63. The Morgan fingerprint density at radius 2 is 1.57 bits per heavy atom. The maximum absolute atomic E-state index is 5.64. The van der Waals surface area contributed by atoms with Gasteiger partial charge in [-0.25, -0.2) is 0 Å². The normalized spacial score (nSPS) is 11.7. The molecule has 2 heterocycles. The molecule has 2 aromatic heterocycles. The van der Waals surface area contributed by atoms with Crippen LogP contribution in [0.4, 0.5) is 0 Å². The van der Waals surface area contributed by atoms with Crippen LogP contribution in [0.25, 0.3) is 17.1 Å². The van der Waals surface area contributed by atoms with Gasteiger partial charge in [0.2, 0.25) is 11.8 Å². The first-order valence-electron chi connectivity index (χ1n) is 10.0. The van der Waals surface area contributed by atoms with Crippen molar-refractivity contribution in [1.29, 1.82) is 0 Å². The monoisotopic (exact) mass is 419 g/mol. The Bertz CT molecular complexity index is 1110. The van der Waals surface area contributed by atoms with Crippen LogP contribution in [0.1, 0.15) is 45.0 Å². The number of aromatic nitrogens is 5. The minimum Gasteiger partial charge on any atom is -0.424 e. The predicted molar refractivity (Wildman–Crippen MR) is 119 cm³/mol. The number of para-hydroxylation sites is 1. The fourth-order valence-electron chi connectivity index (χ4n) is 3.10. The first kappa shape index (κ1) is 20.3. The maximum atomic E-state index is 5.64. The van der Waals surface area contributed by atoms with E-state index < -0.39 is 0 Å². The molecule has 0 amide bonds. The molecular formula is C23H25N5OS. The summed E-state index contributed by atoms with van der Waals surface area (Å²) in [5.74, 6) is 2.59. The summed E-state index contributed by atoms with van der Waals surface area (Å²) in [5.41, 5.74) is 3.43. The van der Waals surface area contributed by atoms with Gasteiger partial charge in [0.1, 0.15) is 0 Å². The number of thioether (sulfide) groups is 1. The summed E-state index contributed by atoms with van der Waals surface area (Å²) in [4.78, 5) is 0. The summed E-state index contributed by atoms with van der Waals surface area (Å²) >= 11 is 1.53. The Balaban J connectivity index is 1.69. The Morgan fingerprint density at radius 1 is 0.867 bits per heavy atom.